The van der Waals surface area contributed by atoms with Crippen LogP contribution in [-0.4, -0.2) is 36.0 Å². The third kappa shape index (κ3) is 6.48. The third-order valence-electron chi connectivity index (χ3n) is 5.95. The Kier molecular flexibility index (Phi) is 8.53. The number of rotatable bonds is 10. The summed E-state index contributed by atoms with van der Waals surface area (Å²) in [5.41, 5.74) is 4.62. The predicted molar refractivity (Wildman–Crippen MR) is 136 cm³/mol. The van der Waals surface area contributed by atoms with Crippen LogP contribution in [0.1, 0.15) is 47.7 Å². The fourth-order valence-corrected chi connectivity index (χ4v) is 4.23. The van der Waals surface area contributed by atoms with Gasteiger partial charge in [0.1, 0.15) is 6.10 Å². The van der Waals surface area contributed by atoms with E-state index in [4.69, 9.17) is 21.2 Å². The number of hydrogen-bond donors (Lipinski definition) is 2. The first-order valence-corrected chi connectivity index (χ1v) is 12.1. The lowest BCUT2D eigenvalue weighted by atomic mass is 9.97. The summed E-state index contributed by atoms with van der Waals surface area (Å²) in [7, 11) is 0. The van der Waals surface area contributed by atoms with Crippen molar-refractivity contribution in [3.8, 4) is 0 Å². The Hall–Kier alpha value is -3.19. The number of nitrogens with one attached hydrogen (secondary N) is 1. The van der Waals surface area contributed by atoms with E-state index in [2.05, 4.69) is 10.5 Å². The van der Waals surface area contributed by atoms with Crippen molar-refractivity contribution in [1.82, 2.24) is 5.32 Å². The Morgan fingerprint density at radius 2 is 1.91 bits per heavy atom. The van der Waals surface area contributed by atoms with E-state index in [0.29, 0.717) is 24.5 Å². The largest absolute Gasteiger partial charge is 0.394 e. The molecule has 0 aromatic heterocycles. The summed E-state index contributed by atoms with van der Waals surface area (Å²) >= 11 is 5.99. The number of nitrogens with zero attached hydrogens (tertiary/aromatic N) is 1. The SMILES string of the molecule is CCO[C@@H](Cc1cccc(C2=NOC(c3ccc(Cl)cc3)C2)c1)C(=O)N[C@@H](CO)c1ccccc1. The van der Waals surface area contributed by atoms with Crippen LogP contribution in [0, 0.1) is 0 Å². The summed E-state index contributed by atoms with van der Waals surface area (Å²) in [6, 6.07) is 24.4. The van der Waals surface area contributed by atoms with Crippen molar-refractivity contribution in [2.24, 2.45) is 5.16 Å². The van der Waals surface area contributed by atoms with Gasteiger partial charge in [0, 0.05) is 24.5 Å². The zero-order valence-corrected chi connectivity index (χ0v) is 20.3. The Morgan fingerprint density at radius 1 is 1.14 bits per heavy atom. The van der Waals surface area contributed by atoms with E-state index in [1.807, 2.05) is 85.8 Å². The van der Waals surface area contributed by atoms with Crippen LogP contribution in [0.5, 0.6) is 0 Å². The van der Waals surface area contributed by atoms with Crippen molar-refractivity contribution in [3.05, 3.63) is 106 Å². The van der Waals surface area contributed by atoms with Crippen molar-refractivity contribution in [2.75, 3.05) is 13.2 Å². The number of benzene rings is 3. The van der Waals surface area contributed by atoms with Crippen LogP contribution in [0.25, 0.3) is 0 Å². The highest BCUT2D eigenvalue weighted by molar-refractivity contribution is 6.30. The first-order chi connectivity index (χ1) is 17.1. The van der Waals surface area contributed by atoms with Crippen LogP contribution in [0.2, 0.25) is 5.02 Å². The molecule has 0 spiro atoms. The van der Waals surface area contributed by atoms with Crippen molar-refractivity contribution >= 4 is 23.2 Å². The molecule has 1 heterocycles. The summed E-state index contributed by atoms with van der Waals surface area (Å²) in [6.07, 6.45) is 0.211. The average Bonchev–Trinajstić information content (AvgIpc) is 3.38. The molecule has 3 aromatic carbocycles. The molecule has 0 radical (unpaired) electrons. The highest BCUT2D eigenvalue weighted by Crippen LogP contribution is 2.30. The number of oxime groups is 1. The smallest absolute Gasteiger partial charge is 0.250 e. The standard InChI is InChI=1S/C28H29ClN2O4/c1-2-34-27(28(33)30-25(18-32)20-8-4-3-5-9-20)16-19-7-6-10-22(15-19)24-17-26(35-31-24)21-11-13-23(29)14-12-21/h3-15,25-27,32H,2,16-18H2,1H3,(H,30,33)/t25-,26?,27-/m0/s1. The van der Waals surface area contributed by atoms with Crippen LogP contribution < -0.4 is 5.32 Å². The van der Waals surface area contributed by atoms with Gasteiger partial charge in [0.25, 0.3) is 0 Å². The second-order valence-electron chi connectivity index (χ2n) is 8.39. The van der Waals surface area contributed by atoms with E-state index in [1.54, 1.807) is 0 Å². The zero-order chi connectivity index (χ0) is 24.6. The molecule has 182 valence electrons. The van der Waals surface area contributed by atoms with Gasteiger partial charge in [-0.05, 0) is 47.4 Å². The predicted octanol–water partition coefficient (Wildman–Crippen LogP) is 5.00. The first-order valence-electron chi connectivity index (χ1n) is 11.7. The van der Waals surface area contributed by atoms with Crippen LogP contribution in [0.3, 0.4) is 0 Å². The van der Waals surface area contributed by atoms with Gasteiger partial charge >= 0.3 is 0 Å². The lowest BCUT2D eigenvalue weighted by Crippen LogP contribution is -2.41. The molecule has 0 saturated heterocycles. The molecule has 1 unspecified atom stereocenters. The number of hydrogen-bond acceptors (Lipinski definition) is 5. The van der Waals surface area contributed by atoms with Gasteiger partial charge in [0.2, 0.25) is 5.91 Å². The number of amides is 1. The molecule has 6 nitrogen and oxygen atoms in total. The third-order valence-corrected chi connectivity index (χ3v) is 6.21. The monoisotopic (exact) mass is 492 g/mol. The molecule has 3 aromatic rings. The van der Waals surface area contributed by atoms with Gasteiger partial charge in [-0.2, -0.15) is 0 Å². The topological polar surface area (TPSA) is 80.2 Å². The molecule has 0 bridgehead atoms. The van der Waals surface area contributed by atoms with E-state index in [0.717, 1.165) is 28.0 Å². The lowest BCUT2D eigenvalue weighted by molar-refractivity contribution is -0.133. The lowest BCUT2D eigenvalue weighted by Gasteiger charge is -2.22. The molecular formula is C28H29ClN2O4. The summed E-state index contributed by atoms with van der Waals surface area (Å²) < 4.78 is 5.78. The van der Waals surface area contributed by atoms with Crippen molar-refractivity contribution in [1.29, 1.82) is 0 Å². The number of carbonyl (C=O) groups is 1. The minimum Gasteiger partial charge on any atom is -0.394 e. The first kappa shape index (κ1) is 24.9. The Bertz CT molecular complexity index is 1150. The van der Waals surface area contributed by atoms with Crippen LogP contribution in [-0.2, 0) is 20.8 Å². The minimum absolute atomic E-state index is 0.152. The Labute approximate surface area is 210 Å². The van der Waals surface area contributed by atoms with Crippen molar-refractivity contribution in [2.45, 2.75) is 38.0 Å². The van der Waals surface area contributed by atoms with E-state index in [9.17, 15) is 9.90 Å². The number of aliphatic hydroxyl groups is 1. The van der Waals surface area contributed by atoms with E-state index >= 15 is 0 Å². The quantitative estimate of drug-likeness (QED) is 0.417. The van der Waals surface area contributed by atoms with Gasteiger partial charge in [-0.3, -0.25) is 4.79 Å². The molecule has 1 aliphatic heterocycles. The molecule has 1 amide bonds. The van der Waals surface area contributed by atoms with E-state index < -0.39 is 12.1 Å². The molecule has 0 fully saturated rings. The van der Waals surface area contributed by atoms with Crippen molar-refractivity contribution < 1.29 is 19.5 Å². The highest BCUT2D eigenvalue weighted by Gasteiger charge is 2.26. The normalized spacial score (nSPS) is 16.8. The fourth-order valence-electron chi connectivity index (χ4n) is 4.11. The maximum absolute atomic E-state index is 13.0. The molecule has 3 atom stereocenters. The number of aliphatic hydroxyl groups excluding tert-OH is 1. The van der Waals surface area contributed by atoms with Gasteiger partial charge < -0.3 is 20.0 Å². The highest BCUT2D eigenvalue weighted by atomic mass is 35.5. The van der Waals surface area contributed by atoms with Crippen LogP contribution in [0.4, 0.5) is 0 Å². The molecule has 35 heavy (non-hydrogen) atoms. The van der Waals surface area contributed by atoms with E-state index in [-0.39, 0.29) is 18.6 Å². The maximum atomic E-state index is 13.0. The summed E-state index contributed by atoms with van der Waals surface area (Å²) in [5, 5.41) is 17.7. The number of carbonyl (C=O) groups excluding carboxylic acids is 1. The summed E-state index contributed by atoms with van der Waals surface area (Å²) in [5.74, 6) is -0.260. The summed E-state index contributed by atoms with van der Waals surface area (Å²) in [6.45, 7) is 2.06. The molecule has 7 heteroatoms. The molecule has 1 aliphatic rings. The van der Waals surface area contributed by atoms with Gasteiger partial charge in [-0.1, -0.05) is 77.4 Å². The van der Waals surface area contributed by atoms with E-state index in [1.165, 1.54) is 0 Å². The average molecular weight is 493 g/mol. The minimum atomic E-state index is -0.684. The van der Waals surface area contributed by atoms with Gasteiger partial charge in [-0.15, -0.1) is 0 Å². The summed E-state index contributed by atoms with van der Waals surface area (Å²) in [4.78, 5) is 18.7. The van der Waals surface area contributed by atoms with Gasteiger partial charge in [-0.25, -0.2) is 0 Å². The van der Waals surface area contributed by atoms with Crippen LogP contribution in [0.15, 0.2) is 84.0 Å². The second-order valence-corrected chi connectivity index (χ2v) is 8.83. The van der Waals surface area contributed by atoms with Gasteiger partial charge in [0.15, 0.2) is 6.10 Å². The Balaban J connectivity index is 1.43. The van der Waals surface area contributed by atoms with Crippen molar-refractivity contribution in [3.63, 3.8) is 0 Å². The molecule has 0 saturated carbocycles. The van der Waals surface area contributed by atoms with Crippen LogP contribution >= 0.6 is 11.6 Å². The Morgan fingerprint density at radius 3 is 2.63 bits per heavy atom. The molecule has 4 rings (SSSR count). The molecule has 2 N–H and O–H groups in total. The van der Waals surface area contributed by atoms with Gasteiger partial charge in [0.05, 0.1) is 18.4 Å². The number of ether oxygens (including phenoxy) is 1. The molecule has 0 aliphatic carbocycles. The molecular weight excluding hydrogens is 464 g/mol. The maximum Gasteiger partial charge on any atom is 0.250 e. The second kappa shape index (κ2) is 12.0. The zero-order valence-electron chi connectivity index (χ0n) is 19.6. The number of halogens is 1. The fraction of sp³-hybridized carbons (Fsp3) is 0.286.